The molecular weight excluding hydrogens is 449 g/mol. The maximum Gasteiger partial charge on any atom is 0.276 e. The summed E-state index contributed by atoms with van der Waals surface area (Å²) >= 11 is 0. The molecule has 0 spiro atoms. The number of pyridine rings is 1. The number of carbonyl (C=O) groups is 1. The van der Waals surface area contributed by atoms with Gasteiger partial charge in [0, 0.05) is 6.20 Å². The second-order valence-corrected chi connectivity index (χ2v) is 9.23. The van der Waals surface area contributed by atoms with Crippen molar-refractivity contribution >= 4 is 17.3 Å². The first kappa shape index (κ1) is 23.2. The minimum Gasteiger partial charge on any atom is -0.493 e. The Balaban J connectivity index is 1.63. The fourth-order valence-electron chi connectivity index (χ4n) is 5.51. The average molecular weight is 478 g/mol. The molecule has 2 aliphatic rings. The number of hydrogen-bond donors (Lipinski definition) is 3. The van der Waals surface area contributed by atoms with Crippen molar-refractivity contribution in [2.75, 3.05) is 17.7 Å². The van der Waals surface area contributed by atoms with E-state index in [1.165, 1.54) is 12.3 Å². The summed E-state index contributed by atoms with van der Waals surface area (Å²) in [5.74, 6) is -0.436. The number of nitrogen functional groups attached to an aromatic ring is 1. The number of nitrogens with one attached hydrogen (secondary N) is 1. The molecule has 4 bridgehead atoms. The van der Waals surface area contributed by atoms with E-state index >= 15 is 0 Å². The normalized spacial score (nSPS) is 24.1. The zero-order valence-electron chi connectivity index (χ0n) is 19.4. The third-order valence-corrected chi connectivity index (χ3v) is 7.20. The molecule has 4 atom stereocenters. The van der Waals surface area contributed by atoms with Crippen LogP contribution < -0.4 is 15.8 Å². The lowest BCUT2D eigenvalue weighted by molar-refractivity contribution is 0.0136. The SMILES string of the molecule is CCC1C(O)CC2CC1CCOc1cccc(F)c1-c1ncc(N)c(n1)C(=O)Nc1cnccc12. The van der Waals surface area contributed by atoms with Crippen molar-refractivity contribution in [2.45, 2.75) is 44.6 Å². The second-order valence-electron chi connectivity index (χ2n) is 9.23. The highest BCUT2D eigenvalue weighted by atomic mass is 19.1. The third-order valence-electron chi connectivity index (χ3n) is 7.20. The molecule has 182 valence electrons. The van der Waals surface area contributed by atoms with E-state index in [2.05, 4.69) is 27.2 Å². The van der Waals surface area contributed by atoms with E-state index in [4.69, 9.17) is 10.5 Å². The smallest absolute Gasteiger partial charge is 0.276 e. The summed E-state index contributed by atoms with van der Waals surface area (Å²) in [5, 5.41) is 13.9. The fraction of sp³-hybridized carbons (Fsp3) is 0.385. The number of benzene rings is 1. The molecule has 8 nitrogen and oxygen atoms in total. The lowest BCUT2D eigenvalue weighted by Crippen LogP contribution is -2.36. The predicted octanol–water partition coefficient (Wildman–Crippen LogP) is 4.18. The maximum absolute atomic E-state index is 14.9. The maximum atomic E-state index is 14.9. The van der Waals surface area contributed by atoms with Crippen LogP contribution in [0.15, 0.2) is 42.9 Å². The van der Waals surface area contributed by atoms with Crippen LogP contribution in [-0.2, 0) is 0 Å². The molecule has 1 fully saturated rings. The van der Waals surface area contributed by atoms with E-state index in [-0.39, 0.29) is 40.5 Å². The summed E-state index contributed by atoms with van der Waals surface area (Å²) in [7, 11) is 0. The molecule has 1 saturated carbocycles. The van der Waals surface area contributed by atoms with Gasteiger partial charge in [0.25, 0.3) is 5.91 Å². The lowest BCUT2D eigenvalue weighted by Gasteiger charge is -2.40. The molecule has 1 aliphatic heterocycles. The molecule has 4 unspecified atom stereocenters. The number of rotatable bonds is 1. The van der Waals surface area contributed by atoms with Crippen LogP contribution in [0.2, 0.25) is 0 Å². The van der Waals surface area contributed by atoms with Crippen LogP contribution in [0.4, 0.5) is 15.8 Å². The zero-order chi connectivity index (χ0) is 24.5. The number of aliphatic hydroxyl groups excluding tert-OH is 1. The number of nitrogens with zero attached hydrogens (tertiary/aromatic N) is 3. The standard InChI is InChI=1S/C26H28FN5O3/c1-2-16-14-7-9-35-22-5-3-4-18(27)23(22)25-30-12-19(28)24(32-25)26(34)31-20-13-29-8-6-17(20)15(10-14)11-21(16)33/h3-6,8,12-16,21,33H,2,7,9-11,28H2,1H3,(H,31,34). The van der Waals surface area contributed by atoms with Gasteiger partial charge in [-0.15, -0.1) is 0 Å². The Morgan fingerprint density at radius 1 is 1.26 bits per heavy atom. The van der Waals surface area contributed by atoms with Crippen molar-refractivity contribution in [2.24, 2.45) is 11.8 Å². The summed E-state index contributed by atoms with van der Waals surface area (Å²) < 4.78 is 21.0. The van der Waals surface area contributed by atoms with Crippen molar-refractivity contribution in [1.82, 2.24) is 15.0 Å². The second kappa shape index (κ2) is 9.58. The van der Waals surface area contributed by atoms with E-state index < -0.39 is 17.8 Å². The monoisotopic (exact) mass is 477 g/mol. The largest absolute Gasteiger partial charge is 0.493 e. The number of amides is 1. The first-order chi connectivity index (χ1) is 17.0. The Morgan fingerprint density at radius 3 is 2.94 bits per heavy atom. The molecule has 1 aromatic carbocycles. The number of fused-ring (bicyclic) bond motifs is 8. The Labute approximate surface area is 202 Å². The molecule has 1 amide bonds. The highest BCUT2D eigenvalue weighted by molar-refractivity contribution is 6.06. The van der Waals surface area contributed by atoms with Gasteiger partial charge in [-0.3, -0.25) is 9.78 Å². The first-order valence-corrected chi connectivity index (χ1v) is 11.9. The van der Waals surface area contributed by atoms with Crippen LogP contribution in [-0.4, -0.2) is 38.7 Å². The molecule has 3 heterocycles. The van der Waals surface area contributed by atoms with Gasteiger partial charge in [0.05, 0.1) is 42.0 Å². The van der Waals surface area contributed by atoms with Gasteiger partial charge in [0.15, 0.2) is 11.5 Å². The van der Waals surface area contributed by atoms with Crippen LogP contribution in [0.1, 0.15) is 54.6 Å². The minimum absolute atomic E-state index is 0.0133. The molecule has 9 heteroatoms. The van der Waals surface area contributed by atoms with Gasteiger partial charge in [-0.25, -0.2) is 14.4 Å². The predicted molar refractivity (Wildman–Crippen MR) is 129 cm³/mol. The molecule has 5 rings (SSSR count). The average Bonchev–Trinajstić information content (AvgIpc) is 2.84. The number of ether oxygens (including phenoxy) is 1. The Bertz CT molecular complexity index is 1250. The molecule has 2 aromatic heterocycles. The van der Waals surface area contributed by atoms with E-state index in [1.807, 2.05) is 6.07 Å². The van der Waals surface area contributed by atoms with Gasteiger partial charge in [-0.1, -0.05) is 19.4 Å². The highest BCUT2D eigenvalue weighted by Gasteiger charge is 2.37. The summed E-state index contributed by atoms with van der Waals surface area (Å²) in [6.45, 7) is 2.43. The van der Waals surface area contributed by atoms with Gasteiger partial charge < -0.3 is 20.9 Å². The van der Waals surface area contributed by atoms with Crippen molar-refractivity contribution in [3.05, 3.63) is 59.9 Å². The third kappa shape index (κ3) is 4.43. The van der Waals surface area contributed by atoms with Crippen LogP contribution in [0.5, 0.6) is 5.75 Å². The van der Waals surface area contributed by atoms with Crippen molar-refractivity contribution in [1.29, 1.82) is 0 Å². The molecular formula is C26H28FN5O3. The van der Waals surface area contributed by atoms with Crippen LogP contribution in [0, 0.1) is 17.7 Å². The minimum atomic E-state index is -0.558. The van der Waals surface area contributed by atoms with E-state index in [1.54, 1.807) is 24.5 Å². The number of aromatic nitrogens is 3. The summed E-state index contributed by atoms with van der Waals surface area (Å²) in [5.41, 5.74) is 7.56. The number of anilines is 2. The number of halogens is 1. The van der Waals surface area contributed by atoms with Gasteiger partial charge in [0.1, 0.15) is 11.6 Å². The molecule has 0 saturated heterocycles. The van der Waals surface area contributed by atoms with Gasteiger partial charge >= 0.3 is 0 Å². The van der Waals surface area contributed by atoms with E-state index in [9.17, 15) is 14.3 Å². The number of nitrogens with two attached hydrogens (primary N) is 1. The Hall–Kier alpha value is -3.59. The summed E-state index contributed by atoms with van der Waals surface area (Å²) in [6.07, 6.45) is 7.07. The van der Waals surface area contributed by atoms with Crippen molar-refractivity contribution in [3.8, 4) is 17.1 Å². The summed E-state index contributed by atoms with van der Waals surface area (Å²) in [4.78, 5) is 25.9. The lowest BCUT2D eigenvalue weighted by atomic mass is 9.68. The summed E-state index contributed by atoms with van der Waals surface area (Å²) in [6, 6.07) is 6.40. The van der Waals surface area contributed by atoms with Crippen LogP contribution >= 0.6 is 0 Å². The quantitative estimate of drug-likeness (QED) is 0.480. The van der Waals surface area contributed by atoms with Crippen molar-refractivity contribution in [3.63, 3.8) is 0 Å². The number of aliphatic hydroxyl groups is 1. The number of hydrogen-bond acceptors (Lipinski definition) is 7. The molecule has 3 aromatic rings. The molecule has 0 radical (unpaired) electrons. The fourth-order valence-corrected chi connectivity index (χ4v) is 5.51. The number of carbonyl (C=O) groups excluding carboxylic acids is 1. The zero-order valence-corrected chi connectivity index (χ0v) is 19.4. The van der Waals surface area contributed by atoms with Crippen molar-refractivity contribution < 1.29 is 19.0 Å². The van der Waals surface area contributed by atoms with Crippen LogP contribution in [0.25, 0.3) is 11.4 Å². The Morgan fingerprint density at radius 2 is 2.11 bits per heavy atom. The highest BCUT2D eigenvalue weighted by Crippen LogP contribution is 2.44. The van der Waals surface area contributed by atoms with E-state index in [0.29, 0.717) is 30.9 Å². The van der Waals surface area contributed by atoms with Gasteiger partial charge in [-0.2, -0.15) is 0 Å². The Kier molecular flexibility index (Phi) is 6.34. The molecule has 35 heavy (non-hydrogen) atoms. The molecule has 4 N–H and O–H groups in total. The van der Waals surface area contributed by atoms with E-state index in [0.717, 1.165) is 18.4 Å². The van der Waals surface area contributed by atoms with Gasteiger partial charge in [-0.05, 0) is 60.8 Å². The van der Waals surface area contributed by atoms with Gasteiger partial charge in [0.2, 0.25) is 0 Å². The molecule has 1 aliphatic carbocycles. The van der Waals surface area contributed by atoms with Crippen LogP contribution in [0.3, 0.4) is 0 Å². The first-order valence-electron chi connectivity index (χ1n) is 11.9. The topological polar surface area (TPSA) is 123 Å².